The molecule has 0 amide bonds. The lowest BCUT2D eigenvalue weighted by Crippen LogP contribution is -2.25. The number of fused-ring (bicyclic) bond motifs is 1. The van der Waals surface area contributed by atoms with Crippen LogP contribution in [0.2, 0.25) is 0 Å². The molecule has 0 aliphatic carbocycles. The molecule has 2 aliphatic rings. The van der Waals surface area contributed by atoms with Crippen LogP contribution < -0.4 is 0 Å². The van der Waals surface area contributed by atoms with Crippen molar-refractivity contribution in [1.29, 1.82) is 0 Å². The molecule has 0 saturated carbocycles. The van der Waals surface area contributed by atoms with Crippen LogP contribution in [0.5, 0.6) is 0 Å². The van der Waals surface area contributed by atoms with Gasteiger partial charge in [-0.1, -0.05) is 0 Å². The quantitative estimate of drug-likeness (QED) is 0.459. The molecule has 0 fully saturated rings. The first-order valence-electron chi connectivity index (χ1n) is 2.63. The molecular formula is C5H5N3O. The van der Waals surface area contributed by atoms with Gasteiger partial charge in [0.15, 0.2) is 0 Å². The van der Waals surface area contributed by atoms with E-state index in [2.05, 4.69) is 9.98 Å². The van der Waals surface area contributed by atoms with Gasteiger partial charge in [0.1, 0.15) is 19.3 Å². The van der Waals surface area contributed by atoms with E-state index in [0.29, 0.717) is 12.7 Å². The number of ether oxygens (including phenoxy) is 1. The third kappa shape index (κ3) is 0.595. The predicted molar refractivity (Wildman–Crippen MR) is 32.9 cm³/mol. The van der Waals surface area contributed by atoms with Gasteiger partial charge in [0.2, 0.25) is 0 Å². The summed E-state index contributed by atoms with van der Waals surface area (Å²) < 4.78 is 4.96. The maximum absolute atomic E-state index is 4.96. The summed E-state index contributed by atoms with van der Waals surface area (Å²) in [5.41, 5.74) is 0. The van der Waals surface area contributed by atoms with Gasteiger partial charge in [-0.05, 0) is 0 Å². The van der Waals surface area contributed by atoms with Crippen LogP contribution in [0.1, 0.15) is 0 Å². The highest BCUT2D eigenvalue weighted by Gasteiger charge is 2.15. The minimum atomic E-state index is 0.616. The number of hydrogen-bond donors (Lipinski definition) is 0. The Kier molecular flexibility index (Phi) is 0.798. The Morgan fingerprint density at radius 1 is 1.67 bits per heavy atom. The molecule has 0 radical (unpaired) electrons. The van der Waals surface area contributed by atoms with Gasteiger partial charge in [-0.15, -0.1) is 0 Å². The normalized spacial score (nSPS) is 21.3. The minimum absolute atomic E-state index is 0.616. The second kappa shape index (κ2) is 1.58. The molecule has 0 aromatic heterocycles. The van der Waals surface area contributed by atoms with Gasteiger partial charge in [0.25, 0.3) is 0 Å². The van der Waals surface area contributed by atoms with E-state index in [-0.39, 0.29) is 0 Å². The average Bonchev–Trinajstić information content (AvgIpc) is 2.33. The van der Waals surface area contributed by atoms with Gasteiger partial charge >= 0.3 is 6.02 Å². The summed E-state index contributed by atoms with van der Waals surface area (Å²) in [4.78, 5) is 9.58. The summed E-state index contributed by atoms with van der Waals surface area (Å²) in [6.07, 6.45) is 4.89. The Morgan fingerprint density at radius 3 is 3.56 bits per heavy atom. The fourth-order valence-corrected chi connectivity index (χ4v) is 0.723. The van der Waals surface area contributed by atoms with Gasteiger partial charge in [0.05, 0.1) is 0 Å². The summed E-state index contributed by atoms with van der Waals surface area (Å²) in [6.45, 7) is 0.620. The first-order chi connectivity index (χ1) is 4.47. The molecule has 2 aliphatic heterocycles. The predicted octanol–water partition coefficient (Wildman–Crippen LogP) is 0.145. The van der Waals surface area contributed by atoms with Crippen molar-refractivity contribution in [3.8, 4) is 0 Å². The van der Waals surface area contributed by atoms with Crippen LogP contribution in [0, 0.1) is 0 Å². The Bertz CT molecular complexity index is 206. The molecule has 0 N–H and O–H groups in total. The molecule has 4 heteroatoms. The number of amidine groups is 1. The number of rotatable bonds is 0. The van der Waals surface area contributed by atoms with E-state index in [1.165, 1.54) is 6.34 Å². The van der Waals surface area contributed by atoms with Crippen molar-refractivity contribution in [2.75, 3.05) is 6.67 Å². The molecule has 0 saturated heterocycles. The molecule has 0 atom stereocenters. The maximum atomic E-state index is 4.96. The molecular weight excluding hydrogens is 118 g/mol. The van der Waals surface area contributed by atoms with E-state index < -0.39 is 0 Å². The van der Waals surface area contributed by atoms with Crippen molar-refractivity contribution in [3.63, 3.8) is 0 Å². The monoisotopic (exact) mass is 123 g/mol. The van der Waals surface area contributed by atoms with Gasteiger partial charge in [0, 0.05) is 6.20 Å². The molecule has 46 valence electrons. The number of nitrogens with zero attached hydrogens (tertiary/aromatic N) is 3. The second-order valence-corrected chi connectivity index (χ2v) is 1.72. The lowest BCUT2D eigenvalue weighted by Gasteiger charge is -2.12. The van der Waals surface area contributed by atoms with E-state index in [1.54, 1.807) is 12.5 Å². The van der Waals surface area contributed by atoms with Crippen LogP contribution in [0.15, 0.2) is 22.4 Å². The van der Waals surface area contributed by atoms with Gasteiger partial charge in [-0.3, -0.25) is 9.89 Å². The number of hydrogen-bond acceptors (Lipinski definition) is 4. The van der Waals surface area contributed by atoms with Crippen molar-refractivity contribution >= 4 is 12.4 Å². The van der Waals surface area contributed by atoms with E-state index in [4.69, 9.17) is 4.74 Å². The lowest BCUT2D eigenvalue weighted by molar-refractivity contribution is 0.422. The molecule has 0 bridgehead atoms. The standard InChI is InChI=1S/C5H5N3O/c1-2-9-5-7-3-6-4-8(1)5/h1-3H,4H2. The zero-order chi connectivity index (χ0) is 6.10. The molecule has 2 rings (SSSR count). The SMILES string of the molecule is C1=CN2CN=CN=C2O1. The Hall–Kier alpha value is -1.32. The van der Waals surface area contributed by atoms with E-state index >= 15 is 0 Å². The fourth-order valence-electron chi connectivity index (χ4n) is 0.723. The third-order valence-electron chi connectivity index (χ3n) is 1.14. The van der Waals surface area contributed by atoms with E-state index in [1.807, 2.05) is 4.90 Å². The Labute approximate surface area is 52.2 Å². The molecule has 9 heavy (non-hydrogen) atoms. The van der Waals surface area contributed by atoms with Crippen LogP contribution >= 0.6 is 0 Å². The summed E-state index contributed by atoms with van der Waals surface area (Å²) in [6, 6.07) is 0.616. The summed E-state index contributed by atoms with van der Waals surface area (Å²) >= 11 is 0. The average molecular weight is 123 g/mol. The zero-order valence-electron chi connectivity index (χ0n) is 4.69. The van der Waals surface area contributed by atoms with Crippen molar-refractivity contribution in [2.24, 2.45) is 9.98 Å². The van der Waals surface area contributed by atoms with Crippen LogP contribution in [0.25, 0.3) is 0 Å². The van der Waals surface area contributed by atoms with Crippen molar-refractivity contribution in [3.05, 3.63) is 12.5 Å². The van der Waals surface area contributed by atoms with Gasteiger partial charge in [-0.2, -0.15) is 4.99 Å². The molecule has 0 spiro atoms. The van der Waals surface area contributed by atoms with Crippen LogP contribution in [-0.2, 0) is 4.74 Å². The molecule has 4 nitrogen and oxygen atoms in total. The topological polar surface area (TPSA) is 37.2 Å². The van der Waals surface area contributed by atoms with Crippen molar-refractivity contribution in [1.82, 2.24) is 4.90 Å². The van der Waals surface area contributed by atoms with E-state index in [9.17, 15) is 0 Å². The van der Waals surface area contributed by atoms with Crippen molar-refractivity contribution < 1.29 is 4.74 Å². The largest absolute Gasteiger partial charge is 0.432 e. The highest BCUT2D eigenvalue weighted by Crippen LogP contribution is 2.06. The van der Waals surface area contributed by atoms with Crippen LogP contribution in [0.4, 0.5) is 0 Å². The second-order valence-electron chi connectivity index (χ2n) is 1.72. The summed E-state index contributed by atoms with van der Waals surface area (Å²) in [5.74, 6) is 0. The van der Waals surface area contributed by atoms with Crippen LogP contribution in [0.3, 0.4) is 0 Å². The molecule has 0 aromatic rings. The molecule has 0 aromatic carbocycles. The first-order valence-corrected chi connectivity index (χ1v) is 2.63. The maximum Gasteiger partial charge on any atom is 0.304 e. The first kappa shape index (κ1) is 4.55. The van der Waals surface area contributed by atoms with Gasteiger partial charge in [-0.25, -0.2) is 0 Å². The third-order valence-corrected chi connectivity index (χ3v) is 1.14. The van der Waals surface area contributed by atoms with Crippen molar-refractivity contribution in [2.45, 2.75) is 0 Å². The Balaban J connectivity index is 2.29. The number of aliphatic imine (C=N–C) groups is 2. The fraction of sp³-hybridized carbons (Fsp3) is 0.200. The van der Waals surface area contributed by atoms with Crippen LogP contribution in [-0.4, -0.2) is 23.9 Å². The summed E-state index contributed by atoms with van der Waals surface area (Å²) in [7, 11) is 0. The Morgan fingerprint density at radius 2 is 2.67 bits per heavy atom. The smallest absolute Gasteiger partial charge is 0.304 e. The van der Waals surface area contributed by atoms with E-state index in [0.717, 1.165) is 0 Å². The molecule has 2 heterocycles. The lowest BCUT2D eigenvalue weighted by atomic mass is 10.7. The van der Waals surface area contributed by atoms with Gasteiger partial charge < -0.3 is 4.74 Å². The minimum Gasteiger partial charge on any atom is -0.432 e. The summed E-state index contributed by atoms with van der Waals surface area (Å²) in [5, 5.41) is 0. The zero-order valence-corrected chi connectivity index (χ0v) is 4.69. The highest BCUT2D eigenvalue weighted by atomic mass is 16.5. The molecule has 0 unspecified atom stereocenters. The highest BCUT2D eigenvalue weighted by molar-refractivity contribution is 5.86.